The van der Waals surface area contributed by atoms with Crippen molar-refractivity contribution >= 4 is 5.91 Å². The van der Waals surface area contributed by atoms with Crippen LogP contribution in [-0.2, 0) is 0 Å². The van der Waals surface area contributed by atoms with Gasteiger partial charge in [-0.1, -0.05) is 0 Å². The van der Waals surface area contributed by atoms with Gasteiger partial charge in [0, 0.05) is 37.6 Å². The van der Waals surface area contributed by atoms with Gasteiger partial charge in [-0.2, -0.15) is 5.10 Å². The number of rotatable bonds is 4. The highest BCUT2D eigenvalue weighted by Crippen LogP contribution is 2.33. The number of halogens is 1. The molecule has 1 atom stereocenters. The van der Waals surface area contributed by atoms with Gasteiger partial charge in [0.2, 0.25) is 5.88 Å². The Morgan fingerprint density at radius 3 is 2.74 bits per heavy atom. The molecule has 0 spiro atoms. The molecule has 1 aliphatic heterocycles. The minimum atomic E-state index is -0.332. The first kappa shape index (κ1) is 17.1. The largest absolute Gasteiger partial charge is 0.437 e. The second-order valence-electron chi connectivity index (χ2n) is 6.36. The number of hydrogen-bond donors (Lipinski definition) is 1. The highest BCUT2D eigenvalue weighted by Gasteiger charge is 2.29. The highest BCUT2D eigenvalue weighted by molar-refractivity contribution is 5.92. The Hall–Kier alpha value is -3.29. The molecule has 1 amide bonds. The molecule has 0 radical (unpaired) electrons. The fraction of sp³-hybridized carbons (Fsp3) is 0.263. The molecular weight excluding hydrogens is 349 g/mol. The fourth-order valence-corrected chi connectivity index (χ4v) is 3.24. The molecule has 1 saturated heterocycles. The molecule has 27 heavy (non-hydrogen) atoms. The van der Waals surface area contributed by atoms with Crippen LogP contribution < -0.4 is 4.74 Å². The van der Waals surface area contributed by atoms with E-state index >= 15 is 0 Å². The number of nitrogens with zero attached hydrogens (tertiary/aromatic N) is 4. The minimum absolute atomic E-state index is 0.00905. The van der Waals surface area contributed by atoms with Gasteiger partial charge in [-0.15, -0.1) is 0 Å². The first-order valence-corrected chi connectivity index (χ1v) is 8.73. The second kappa shape index (κ2) is 7.53. The van der Waals surface area contributed by atoms with Gasteiger partial charge in [0.25, 0.3) is 5.91 Å². The van der Waals surface area contributed by atoms with Crippen LogP contribution in [0.5, 0.6) is 11.6 Å². The molecule has 7 nitrogen and oxygen atoms in total. The van der Waals surface area contributed by atoms with E-state index in [9.17, 15) is 9.18 Å². The smallest absolute Gasteiger partial charge is 0.271 e. The topological polar surface area (TPSA) is 84.0 Å². The fourth-order valence-electron chi connectivity index (χ4n) is 3.24. The van der Waals surface area contributed by atoms with Crippen molar-refractivity contribution in [1.82, 2.24) is 25.1 Å². The molecule has 1 N–H and O–H groups in total. The number of ether oxygens (including phenoxy) is 1. The zero-order valence-corrected chi connectivity index (χ0v) is 14.5. The van der Waals surface area contributed by atoms with Gasteiger partial charge in [-0.25, -0.2) is 9.37 Å². The Morgan fingerprint density at radius 2 is 1.96 bits per heavy atom. The average molecular weight is 367 g/mol. The lowest BCUT2D eigenvalue weighted by molar-refractivity contribution is 0.0698. The summed E-state index contributed by atoms with van der Waals surface area (Å²) in [6.45, 7) is 1.21. The SMILES string of the molecule is O=C(c1ccn[nH]1)N1CCCC(c2nccnc2Oc2ccc(F)cc2)C1. The number of benzene rings is 1. The third-order valence-corrected chi connectivity index (χ3v) is 4.55. The van der Waals surface area contributed by atoms with Crippen LogP contribution in [0.3, 0.4) is 0 Å². The monoisotopic (exact) mass is 367 g/mol. The van der Waals surface area contributed by atoms with Gasteiger partial charge < -0.3 is 9.64 Å². The van der Waals surface area contributed by atoms with Gasteiger partial charge in [0.1, 0.15) is 23.0 Å². The molecule has 3 heterocycles. The van der Waals surface area contributed by atoms with Crippen molar-refractivity contribution in [2.24, 2.45) is 0 Å². The van der Waals surface area contributed by atoms with E-state index < -0.39 is 0 Å². The van der Waals surface area contributed by atoms with Crippen molar-refractivity contribution in [3.05, 3.63) is 66.1 Å². The standard InChI is InChI=1S/C19H18FN5O2/c20-14-3-5-15(6-4-14)27-18-17(21-9-10-22-18)13-2-1-11-25(12-13)19(26)16-7-8-23-24-16/h3-10,13H,1-2,11-12H2,(H,23,24). The lowest BCUT2D eigenvalue weighted by Crippen LogP contribution is -2.39. The van der Waals surface area contributed by atoms with Crippen LogP contribution in [0, 0.1) is 5.82 Å². The number of nitrogens with one attached hydrogen (secondary N) is 1. The van der Waals surface area contributed by atoms with Gasteiger partial charge >= 0.3 is 0 Å². The summed E-state index contributed by atoms with van der Waals surface area (Å²) in [5, 5.41) is 6.55. The van der Waals surface area contributed by atoms with Gasteiger partial charge in [-0.05, 0) is 43.2 Å². The van der Waals surface area contributed by atoms with Crippen LogP contribution in [0.2, 0.25) is 0 Å². The predicted molar refractivity (Wildman–Crippen MR) is 95.0 cm³/mol. The molecule has 1 fully saturated rings. The zero-order chi connectivity index (χ0) is 18.6. The second-order valence-corrected chi connectivity index (χ2v) is 6.36. The molecule has 138 valence electrons. The number of aromatic nitrogens is 4. The number of aromatic amines is 1. The highest BCUT2D eigenvalue weighted by atomic mass is 19.1. The van der Waals surface area contributed by atoms with Gasteiger partial charge in [0.15, 0.2) is 0 Å². The van der Waals surface area contributed by atoms with Gasteiger partial charge in [0.05, 0.1) is 0 Å². The van der Waals surface area contributed by atoms with E-state index in [1.807, 2.05) is 0 Å². The Kier molecular flexibility index (Phi) is 4.78. The van der Waals surface area contributed by atoms with Crippen molar-refractivity contribution in [2.75, 3.05) is 13.1 Å². The van der Waals surface area contributed by atoms with Crippen LogP contribution in [-0.4, -0.2) is 44.1 Å². The lowest BCUT2D eigenvalue weighted by atomic mass is 9.94. The van der Waals surface area contributed by atoms with Crippen molar-refractivity contribution < 1.29 is 13.9 Å². The Labute approximate surface area is 155 Å². The minimum Gasteiger partial charge on any atom is -0.437 e. The van der Waals surface area contributed by atoms with E-state index in [0.29, 0.717) is 36.1 Å². The maximum atomic E-state index is 13.1. The Balaban J connectivity index is 1.54. The summed E-state index contributed by atoms with van der Waals surface area (Å²) in [5.74, 6) is 0.461. The molecule has 0 saturated carbocycles. The maximum Gasteiger partial charge on any atom is 0.271 e. The Bertz CT molecular complexity index is 914. The molecule has 2 aromatic heterocycles. The number of carbonyl (C=O) groups is 1. The lowest BCUT2D eigenvalue weighted by Gasteiger charge is -2.32. The third kappa shape index (κ3) is 3.79. The van der Waals surface area contributed by atoms with Crippen LogP contribution in [0.1, 0.15) is 34.9 Å². The zero-order valence-electron chi connectivity index (χ0n) is 14.5. The van der Waals surface area contributed by atoms with E-state index in [-0.39, 0.29) is 17.6 Å². The maximum absolute atomic E-state index is 13.1. The van der Waals surface area contributed by atoms with Crippen LogP contribution >= 0.6 is 0 Å². The Morgan fingerprint density at radius 1 is 1.15 bits per heavy atom. The number of H-pyrrole nitrogens is 1. The molecule has 4 rings (SSSR count). The number of carbonyl (C=O) groups excluding carboxylic acids is 1. The third-order valence-electron chi connectivity index (χ3n) is 4.55. The average Bonchev–Trinajstić information content (AvgIpc) is 3.24. The number of likely N-dealkylation sites (tertiary alicyclic amines) is 1. The van der Waals surface area contributed by atoms with Crippen LogP contribution in [0.4, 0.5) is 4.39 Å². The van der Waals surface area contributed by atoms with Crippen molar-refractivity contribution in [1.29, 1.82) is 0 Å². The first-order valence-electron chi connectivity index (χ1n) is 8.73. The molecule has 1 aromatic carbocycles. The molecule has 1 unspecified atom stereocenters. The van der Waals surface area contributed by atoms with E-state index in [1.54, 1.807) is 41.7 Å². The number of hydrogen-bond acceptors (Lipinski definition) is 5. The molecule has 1 aliphatic rings. The molecule has 3 aromatic rings. The summed E-state index contributed by atoms with van der Waals surface area (Å²) in [5.41, 5.74) is 1.17. The quantitative estimate of drug-likeness (QED) is 0.766. The van der Waals surface area contributed by atoms with Gasteiger partial charge in [-0.3, -0.25) is 14.9 Å². The van der Waals surface area contributed by atoms with Crippen molar-refractivity contribution in [2.45, 2.75) is 18.8 Å². The summed E-state index contributed by atoms with van der Waals surface area (Å²) in [7, 11) is 0. The summed E-state index contributed by atoms with van der Waals surface area (Å²) >= 11 is 0. The predicted octanol–water partition coefficient (Wildman–Crippen LogP) is 3.15. The van der Waals surface area contributed by atoms with E-state index in [4.69, 9.17) is 4.74 Å². The summed E-state index contributed by atoms with van der Waals surface area (Å²) in [4.78, 5) is 23.1. The normalized spacial score (nSPS) is 16.9. The van der Waals surface area contributed by atoms with Crippen molar-refractivity contribution in [3.8, 4) is 11.6 Å². The van der Waals surface area contributed by atoms with Crippen molar-refractivity contribution in [3.63, 3.8) is 0 Å². The summed E-state index contributed by atoms with van der Waals surface area (Å²) in [6, 6.07) is 7.41. The van der Waals surface area contributed by atoms with E-state index in [1.165, 1.54) is 12.1 Å². The summed E-state index contributed by atoms with van der Waals surface area (Å²) < 4.78 is 18.9. The number of amides is 1. The van der Waals surface area contributed by atoms with E-state index in [2.05, 4.69) is 20.2 Å². The molecular formula is C19H18FN5O2. The van der Waals surface area contributed by atoms with Crippen LogP contribution in [0.25, 0.3) is 0 Å². The first-order chi connectivity index (χ1) is 13.2. The summed E-state index contributed by atoms with van der Waals surface area (Å²) in [6.07, 6.45) is 6.47. The number of piperidine rings is 1. The molecule has 0 aliphatic carbocycles. The molecule has 0 bridgehead atoms. The molecule has 8 heteroatoms. The van der Waals surface area contributed by atoms with E-state index in [0.717, 1.165) is 12.8 Å². The van der Waals surface area contributed by atoms with Crippen LogP contribution in [0.15, 0.2) is 48.9 Å².